The normalized spacial score (nSPS) is 19.8. The Bertz CT molecular complexity index is 1030. The van der Waals surface area contributed by atoms with Crippen LogP contribution < -0.4 is 4.74 Å². The second-order valence-electron chi connectivity index (χ2n) is 7.14. The lowest BCUT2D eigenvalue weighted by atomic mass is 10.1. The highest BCUT2D eigenvalue weighted by Gasteiger charge is 2.39. The Balaban J connectivity index is 1.71. The van der Waals surface area contributed by atoms with Gasteiger partial charge in [0.05, 0.1) is 22.6 Å². The molecule has 2 aliphatic rings. The number of methoxy groups -OCH3 is 1. The van der Waals surface area contributed by atoms with Crippen LogP contribution in [0.25, 0.3) is 6.08 Å². The third kappa shape index (κ3) is 4.09. The number of thioether (sulfide) groups is 1. The van der Waals surface area contributed by atoms with E-state index in [1.807, 2.05) is 30.3 Å². The molecule has 154 valence electrons. The summed E-state index contributed by atoms with van der Waals surface area (Å²) in [5.41, 5.74) is 1.23. The fraction of sp³-hybridized carbons (Fsp3) is 0.273. The summed E-state index contributed by atoms with van der Waals surface area (Å²) in [6, 6.07) is 14.4. The molecule has 1 aliphatic carbocycles. The second-order valence-corrected chi connectivity index (χ2v) is 8.15. The van der Waals surface area contributed by atoms with Crippen LogP contribution in [0.15, 0.2) is 58.4 Å². The molecule has 1 aliphatic heterocycles. The molecule has 4 rings (SSSR count). The van der Waals surface area contributed by atoms with Crippen molar-refractivity contribution in [2.24, 2.45) is 4.99 Å². The number of benzene rings is 2. The number of nitro benzene ring substituents is 1. The molecule has 30 heavy (non-hydrogen) atoms. The first-order chi connectivity index (χ1) is 14.6. The molecule has 1 amide bonds. The molecule has 2 fully saturated rings. The van der Waals surface area contributed by atoms with Gasteiger partial charge in [-0.2, -0.15) is 0 Å². The monoisotopic (exact) mass is 423 g/mol. The summed E-state index contributed by atoms with van der Waals surface area (Å²) in [5, 5.41) is 12.0. The molecule has 7 nitrogen and oxygen atoms in total. The highest BCUT2D eigenvalue weighted by molar-refractivity contribution is 8.18. The zero-order chi connectivity index (χ0) is 21.1. The van der Waals surface area contributed by atoms with Crippen molar-refractivity contribution in [3.05, 3.63) is 69.1 Å². The van der Waals surface area contributed by atoms with E-state index in [4.69, 9.17) is 9.73 Å². The Kier molecular flexibility index (Phi) is 5.85. The molecule has 0 unspecified atom stereocenters. The Morgan fingerprint density at radius 2 is 1.93 bits per heavy atom. The largest absolute Gasteiger partial charge is 0.490 e. The average Bonchev–Trinajstić information content (AvgIpc) is 3.37. The number of ether oxygens (including phenoxy) is 1. The summed E-state index contributed by atoms with van der Waals surface area (Å²) in [6.07, 6.45) is 5.81. The van der Waals surface area contributed by atoms with E-state index in [1.54, 1.807) is 23.1 Å². The number of hydrogen-bond donors (Lipinski definition) is 0. The van der Waals surface area contributed by atoms with E-state index in [-0.39, 0.29) is 23.4 Å². The fourth-order valence-corrected chi connectivity index (χ4v) is 4.81. The summed E-state index contributed by atoms with van der Waals surface area (Å²) in [6.45, 7) is 0. The number of nitrogens with zero attached hydrogens (tertiary/aromatic N) is 3. The summed E-state index contributed by atoms with van der Waals surface area (Å²) in [5.74, 6) is 0.0894. The number of nitro groups is 1. The van der Waals surface area contributed by atoms with Crippen molar-refractivity contribution >= 4 is 40.3 Å². The van der Waals surface area contributed by atoms with E-state index in [9.17, 15) is 14.9 Å². The van der Waals surface area contributed by atoms with E-state index < -0.39 is 4.92 Å². The van der Waals surface area contributed by atoms with Gasteiger partial charge in [0, 0.05) is 12.1 Å². The van der Waals surface area contributed by atoms with E-state index in [0.717, 1.165) is 31.4 Å². The Labute approximate surface area is 178 Å². The standard InChI is InChI=1S/C22H21N3O4S/c1-29-19-12-11-15(13-18(19)25(27)28)14-20-21(26)24(17-9-5-6-10-17)22(30-20)23-16-7-3-2-4-8-16/h2-4,7-8,11-14,17H,5-6,9-10H2,1H3/b20-14-,23-22?. The number of amidine groups is 1. The Morgan fingerprint density at radius 1 is 1.20 bits per heavy atom. The van der Waals surface area contributed by atoms with Gasteiger partial charge in [0.15, 0.2) is 10.9 Å². The van der Waals surface area contributed by atoms with Gasteiger partial charge in [-0.3, -0.25) is 19.8 Å². The predicted octanol–water partition coefficient (Wildman–Crippen LogP) is 5.15. The van der Waals surface area contributed by atoms with Crippen LogP contribution in [0.1, 0.15) is 31.2 Å². The molecule has 0 N–H and O–H groups in total. The maximum absolute atomic E-state index is 13.2. The molecule has 8 heteroatoms. The molecule has 1 saturated carbocycles. The zero-order valence-corrected chi connectivity index (χ0v) is 17.3. The molecular weight excluding hydrogens is 402 g/mol. The molecule has 0 radical (unpaired) electrons. The lowest BCUT2D eigenvalue weighted by Gasteiger charge is -2.22. The number of carbonyl (C=O) groups excluding carboxylic acids is 1. The van der Waals surface area contributed by atoms with Gasteiger partial charge in [0.2, 0.25) is 0 Å². The van der Waals surface area contributed by atoms with Crippen LogP contribution in [0, 0.1) is 10.1 Å². The maximum atomic E-state index is 13.2. The second kappa shape index (κ2) is 8.71. The highest BCUT2D eigenvalue weighted by Crippen LogP contribution is 2.39. The minimum Gasteiger partial charge on any atom is -0.490 e. The predicted molar refractivity (Wildman–Crippen MR) is 118 cm³/mol. The van der Waals surface area contributed by atoms with E-state index >= 15 is 0 Å². The number of amides is 1. The molecule has 0 atom stereocenters. The zero-order valence-electron chi connectivity index (χ0n) is 16.5. The van der Waals surface area contributed by atoms with Gasteiger partial charge >= 0.3 is 5.69 Å². The van der Waals surface area contributed by atoms with Gasteiger partial charge in [-0.1, -0.05) is 37.1 Å². The molecule has 0 aromatic heterocycles. The van der Waals surface area contributed by atoms with Crippen LogP contribution in [0.5, 0.6) is 5.75 Å². The van der Waals surface area contributed by atoms with E-state index in [2.05, 4.69) is 0 Å². The average molecular weight is 423 g/mol. The van der Waals surface area contributed by atoms with Crippen molar-refractivity contribution < 1.29 is 14.5 Å². The lowest BCUT2D eigenvalue weighted by Crippen LogP contribution is -2.37. The minimum atomic E-state index is -0.489. The third-order valence-electron chi connectivity index (χ3n) is 5.21. The van der Waals surface area contributed by atoms with Gasteiger partial charge in [0.1, 0.15) is 0 Å². The van der Waals surface area contributed by atoms with Crippen molar-refractivity contribution in [3.63, 3.8) is 0 Å². The smallest absolute Gasteiger partial charge is 0.311 e. The van der Waals surface area contributed by atoms with Gasteiger partial charge < -0.3 is 4.74 Å². The van der Waals surface area contributed by atoms with Crippen molar-refractivity contribution in [2.75, 3.05) is 7.11 Å². The number of hydrogen-bond acceptors (Lipinski definition) is 6. The number of carbonyl (C=O) groups is 1. The quantitative estimate of drug-likeness (QED) is 0.377. The Hall–Kier alpha value is -3.13. The van der Waals surface area contributed by atoms with Crippen molar-refractivity contribution in [2.45, 2.75) is 31.7 Å². The molecule has 0 bridgehead atoms. The van der Waals surface area contributed by atoms with Gasteiger partial charge in [-0.05, 0) is 54.4 Å². The molecule has 1 saturated heterocycles. The van der Waals surface area contributed by atoms with Crippen LogP contribution in [-0.2, 0) is 4.79 Å². The van der Waals surface area contributed by atoms with Crippen LogP contribution in [0.2, 0.25) is 0 Å². The third-order valence-corrected chi connectivity index (χ3v) is 6.19. The summed E-state index contributed by atoms with van der Waals surface area (Å²) in [4.78, 5) is 31.1. The topological polar surface area (TPSA) is 85.0 Å². The van der Waals surface area contributed by atoms with Gasteiger partial charge in [0.25, 0.3) is 5.91 Å². The first kappa shape index (κ1) is 20.2. The van der Waals surface area contributed by atoms with Crippen molar-refractivity contribution in [1.29, 1.82) is 0 Å². The van der Waals surface area contributed by atoms with Crippen LogP contribution in [-0.4, -0.2) is 34.0 Å². The summed E-state index contributed by atoms with van der Waals surface area (Å²) in [7, 11) is 1.39. The van der Waals surface area contributed by atoms with Crippen LogP contribution in [0.3, 0.4) is 0 Å². The SMILES string of the molecule is COc1ccc(/C=C2\SC(=Nc3ccccc3)N(C3CCCC3)C2=O)cc1[N+](=O)[O-]. The molecule has 2 aromatic carbocycles. The first-order valence-corrected chi connectivity index (χ1v) is 10.6. The van der Waals surface area contributed by atoms with Crippen molar-refractivity contribution in [1.82, 2.24) is 4.90 Å². The maximum Gasteiger partial charge on any atom is 0.311 e. The van der Waals surface area contributed by atoms with Crippen molar-refractivity contribution in [3.8, 4) is 5.75 Å². The molecule has 2 aromatic rings. The molecule has 1 heterocycles. The van der Waals surface area contributed by atoms with E-state index in [1.165, 1.54) is 24.9 Å². The number of rotatable bonds is 5. The minimum absolute atomic E-state index is 0.0972. The van der Waals surface area contributed by atoms with Crippen LogP contribution >= 0.6 is 11.8 Å². The summed E-state index contributed by atoms with van der Waals surface area (Å²) >= 11 is 1.31. The van der Waals surface area contributed by atoms with E-state index in [0.29, 0.717) is 15.6 Å². The summed E-state index contributed by atoms with van der Waals surface area (Å²) < 4.78 is 5.06. The number of aliphatic imine (C=N–C) groups is 1. The van der Waals surface area contributed by atoms with Gasteiger partial charge in [-0.15, -0.1) is 0 Å². The first-order valence-electron chi connectivity index (χ1n) is 9.76. The fourth-order valence-electron chi connectivity index (χ4n) is 3.75. The Morgan fingerprint density at radius 3 is 2.60 bits per heavy atom. The van der Waals surface area contributed by atoms with Crippen LogP contribution in [0.4, 0.5) is 11.4 Å². The van der Waals surface area contributed by atoms with Gasteiger partial charge in [-0.25, -0.2) is 4.99 Å². The number of para-hydroxylation sites is 1. The molecule has 0 spiro atoms. The lowest BCUT2D eigenvalue weighted by molar-refractivity contribution is -0.385. The highest BCUT2D eigenvalue weighted by atomic mass is 32.2. The molecular formula is C22H21N3O4S.